The molecule has 3 aromatic carbocycles. The van der Waals surface area contributed by atoms with Gasteiger partial charge in [-0.25, -0.2) is 9.97 Å². The highest BCUT2D eigenvalue weighted by Crippen LogP contribution is 2.28. The van der Waals surface area contributed by atoms with Crippen molar-refractivity contribution in [1.29, 1.82) is 0 Å². The zero-order valence-electron chi connectivity index (χ0n) is 14.0. The number of benzene rings is 3. The van der Waals surface area contributed by atoms with Gasteiger partial charge in [-0.15, -0.1) is 11.8 Å². The summed E-state index contributed by atoms with van der Waals surface area (Å²) < 4.78 is 5.84. The predicted octanol–water partition coefficient (Wildman–Crippen LogP) is 6.46. The summed E-state index contributed by atoms with van der Waals surface area (Å²) in [4.78, 5) is 10.0. The fourth-order valence-corrected chi connectivity index (χ4v) is 3.36. The SMILES string of the molecule is CSc1cccc(-c2ccc(Oc3cnc4c(Cl)cccc4n3)cc2)c1. The molecule has 0 aliphatic heterocycles. The van der Waals surface area contributed by atoms with Crippen LogP contribution >= 0.6 is 23.4 Å². The zero-order chi connectivity index (χ0) is 17.9. The average molecular weight is 379 g/mol. The fraction of sp³-hybridized carbons (Fsp3) is 0.0476. The molecule has 0 saturated carbocycles. The molecule has 0 fully saturated rings. The van der Waals surface area contributed by atoms with Crippen LogP contribution in [0.15, 0.2) is 77.8 Å². The molecule has 5 heteroatoms. The Morgan fingerprint density at radius 2 is 1.73 bits per heavy atom. The lowest BCUT2D eigenvalue weighted by Crippen LogP contribution is -1.91. The monoisotopic (exact) mass is 378 g/mol. The second kappa shape index (κ2) is 7.36. The highest BCUT2D eigenvalue weighted by atomic mass is 35.5. The van der Waals surface area contributed by atoms with Gasteiger partial charge in [-0.2, -0.15) is 0 Å². The number of hydrogen-bond donors (Lipinski definition) is 0. The molecule has 128 valence electrons. The lowest BCUT2D eigenvalue weighted by Gasteiger charge is -2.08. The van der Waals surface area contributed by atoms with E-state index in [1.54, 1.807) is 24.0 Å². The molecule has 1 aromatic heterocycles. The average Bonchev–Trinajstić information content (AvgIpc) is 2.69. The smallest absolute Gasteiger partial charge is 0.238 e. The number of fused-ring (bicyclic) bond motifs is 1. The van der Waals surface area contributed by atoms with Crippen molar-refractivity contribution in [2.24, 2.45) is 0 Å². The molecule has 4 aromatic rings. The van der Waals surface area contributed by atoms with Gasteiger partial charge in [0.2, 0.25) is 5.88 Å². The van der Waals surface area contributed by atoms with Crippen molar-refractivity contribution in [2.75, 3.05) is 6.26 Å². The Labute approximate surface area is 161 Å². The first-order valence-electron chi connectivity index (χ1n) is 8.06. The van der Waals surface area contributed by atoms with E-state index in [1.165, 1.54) is 10.5 Å². The van der Waals surface area contributed by atoms with Crippen molar-refractivity contribution in [1.82, 2.24) is 9.97 Å². The summed E-state index contributed by atoms with van der Waals surface area (Å²) >= 11 is 7.86. The Kier molecular flexibility index (Phi) is 4.78. The molecule has 1 heterocycles. The number of hydrogen-bond acceptors (Lipinski definition) is 4. The van der Waals surface area contributed by atoms with Crippen molar-refractivity contribution >= 4 is 34.4 Å². The van der Waals surface area contributed by atoms with Crippen molar-refractivity contribution in [2.45, 2.75) is 4.90 Å². The maximum Gasteiger partial charge on any atom is 0.238 e. The van der Waals surface area contributed by atoms with E-state index >= 15 is 0 Å². The lowest BCUT2D eigenvalue weighted by molar-refractivity contribution is 0.463. The molecule has 0 saturated heterocycles. The van der Waals surface area contributed by atoms with E-state index in [0.29, 0.717) is 27.7 Å². The molecule has 0 bridgehead atoms. The number of thioether (sulfide) groups is 1. The van der Waals surface area contributed by atoms with Crippen LogP contribution in [0.3, 0.4) is 0 Å². The third kappa shape index (κ3) is 3.52. The van der Waals surface area contributed by atoms with Gasteiger partial charge in [0.25, 0.3) is 0 Å². The minimum atomic E-state index is 0.442. The second-order valence-corrected chi connectivity index (χ2v) is 6.96. The Bertz CT molecular complexity index is 1070. The zero-order valence-corrected chi connectivity index (χ0v) is 15.6. The minimum Gasteiger partial charge on any atom is -0.437 e. The molecule has 0 aliphatic rings. The number of rotatable bonds is 4. The van der Waals surface area contributed by atoms with Gasteiger partial charge in [0.05, 0.1) is 16.7 Å². The fourth-order valence-electron chi connectivity index (χ4n) is 2.68. The number of aromatic nitrogens is 2. The molecule has 26 heavy (non-hydrogen) atoms. The van der Waals surface area contributed by atoms with E-state index < -0.39 is 0 Å². The van der Waals surface area contributed by atoms with E-state index in [0.717, 1.165) is 5.56 Å². The van der Waals surface area contributed by atoms with Crippen LogP contribution in [-0.4, -0.2) is 16.2 Å². The number of nitrogens with zero attached hydrogens (tertiary/aromatic N) is 2. The van der Waals surface area contributed by atoms with Crippen molar-refractivity contribution < 1.29 is 4.74 Å². The molecule has 0 unspecified atom stereocenters. The number of ether oxygens (including phenoxy) is 1. The van der Waals surface area contributed by atoms with Crippen molar-refractivity contribution in [3.63, 3.8) is 0 Å². The van der Waals surface area contributed by atoms with E-state index in [1.807, 2.05) is 36.4 Å². The highest BCUT2D eigenvalue weighted by molar-refractivity contribution is 7.98. The Hall–Kier alpha value is -2.56. The number of para-hydroxylation sites is 1. The normalized spacial score (nSPS) is 10.8. The quantitative estimate of drug-likeness (QED) is 0.381. The van der Waals surface area contributed by atoms with E-state index in [-0.39, 0.29) is 0 Å². The standard InChI is InChI=1S/C21H15ClN2OS/c1-26-17-5-2-4-15(12-17)14-8-10-16(11-9-14)25-20-13-23-21-18(22)6-3-7-19(21)24-20/h2-13H,1H3. The Morgan fingerprint density at radius 3 is 2.54 bits per heavy atom. The molecular weight excluding hydrogens is 364 g/mol. The van der Waals surface area contributed by atoms with Gasteiger partial charge in [-0.3, -0.25) is 0 Å². The molecular formula is C21H15ClN2OS. The van der Waals surface area contributed by atoms with Crippen LogP contribution in [0.2, 0.25) is 5.02 Å². The summed E-state index contributed by atoms with van der Waals surface area (Å²) in [6.07, 6.45) is 3.66. The molecule has 0 amide bonds. The van der Waals surface area contributed by atoms with Crippen LogP contribution in [0.5, 0.6) is 11.6 Å². The number of halogens is 1. The van der Waals surface area contributed by atoms with Crippen LogP contribution in [0, 0.1) is 0 Å². The van der Waals surface area contributed by atoms with Crippen LogP contribution < -0.4 is 4.74 Å². The van der Waals surface area contributed by atoms with Crippen LogP contribution in [-0.2, 0) is 0 Å². The van der Waals surface area contributed by atoms with Crippen LogP contribution in [0.25, 0.3) is 22.2 Å². The second-order valence-electron chi connectivity index (χ2n) is 5.67. The minimum absolute atomic E-state index is 0.442. The third-order valence-corrected chi connectivity index (χ3v) is 5.01. The maximum atomic E-state index is 6.12. The Morgan fingerprint density at radius 1 is 0.923 bits per heavy atom. The summed E-state index contributed by atoms with van der Waals surface area (Å²) in [6, 6.07) is 21.9. The molecule has 3 nitrogen and oxygen atoms in total. The van der Waals surface area contributed by atoms with Gasteiger partial charge in [0.1, 0.15) is 11.3 Å². The predicted molar refractivity (Wildman–Crippen MR) is 108 cm³/mol. The van der Waals surface area contributed by atoms with Gasteiger partial charge in [-0.05, 0) is 53.8 Å². The summed E-state index contributed by atoms with van der Waals surface area (Å²) in [6.45, 7) is 0. The largest absolute Gasteiger partial charge is 0.437 e. The molecule has 0 radical (unpaired) electrons. The van der Waals surface area contributed by atoms with Gasteiger partial charge in [0.15, 0.2) is 0 Å². The first-order valence-corrected chi connectivity index (χ1v) is 9.67. The maximum absolute atomic E-state index is 6.12. The summed E-state index contributed by atoms with van der Waals surface area (Å²) in [5, 5.41) is 0.582. The summed E-state index contributed by atoms with van der Waals surface area (Å²) in [5.74, 6) is 1.15. The first kappa shape index (κ1) is 16.9. The molecule has 0 spiro atoms. The highest BCUT2D eigenvalue weighted by Gasteiger charge is 2.06. The first-order chi connectivity index (χ1) is 12.7. The van der Waals surface area contributed by atoms with E-state index in [2.05, 4.69) is 40.5 Å². The summed E-state index contributed by atoms with van der Waals surface area (Å²) in [5.41, 5.74) is 3.71. The lowest BCUT2D eigenvalue weighted by atomic mass is 10.1. The van der Waals surface area contributed by atoms with Crippen molar-refractivity contribution in [3.05, 3.63) is 77.9 Å². The van der Waals surface area contributed by atoms with Gasteiger partial charge < -0.3 is 4.74 Å². The summed E-state index contributed by atoms with van der Waals surface area (Å²) in [7, 11) is 0. The van der Waals surface area contributed by atoms with E-state index in [4.69, 9.17) is 16.3 Å². The topological polar surface area (TPSA) is 35.0 Å². The Balaban J connectivity index is 1.57. The van der Waals surface area contributed by atoms with Gasteiger partial charge in [-0.1, -0.05) is 41.9 Å². The molecule has 0 atom stereocenters. The van der Waals surface area contributed by atoms with Gasteiger partial charge in [0, 0.05) is 4.90 Å². The van der Waals surface area contributed by atoms with Gasteiger partial charge >= 0.3 is 0 Å². The van der Waals surface area contributed by atoms with Crippen molar-refractivity contribution in [3.8, 4) is 22.8 Å². The van der Waals surface area contributed by atoms with Crippen LogP contribution in [0.4, 0.5) is 0 Å². The molecule has 4 rings (SSSR count). The van der Waals surface area contributed by atoms with E-state index in [9.17, 15) is 0 Å². The molecule has 0 N–H and O–H groups in total. The van der Waals surface area contributed by atoms with Crippen LogP contribution in [0.1, 0.15) is 0 Å². The third-order valence-electron chi connectivity index (χ3n) is 3.98. The molecule has 0 aliphatic carbocycles.